The van der Waals surface area contributed by atoms with E-state index in [9.17, 15) is 4.79 Å². The van der Waals surface area contributed by atoms with Crippen LogP contribution >= 0.6 is 0 Å². The van der Waals surface area contributed by atoms with Gasteiger partial charge in [-0.25, -0.2) is 0 Å². The average Bonchev–Trinajstić information content (AvgIpc) is 2.89. The summed E-state index contributed by atoms with van der Waals surface area (Å²) in [6.07, 6.45) is 3.42. The molecule has 1 aromatic carbocycles. The molecule has 2 aliphatic heterocycles. The predicted molar refractivity (Wildman–Crippen MR) is 97.5 cm³/mol. The van der Waals surface area contributed by atoms with Gasteiger partial charge in [0, 0.05) is 24.9 Å². The summed E-state index contributed by atoms with van der Waals surface area (Å²) < 4.78 is 6.42. The third-order valence-electron chi connectivity index (χ3n) is 5.21. The molecule has 1 unspecified atom stereocenters. The molecule has 0 radical (unpaired) electrons. The molecule has 3 heteroatoms. The van der Waals surface area contributed by atoms with Crippen molar-refractivity contribution in [2.24, 2.45) is 0 Å². The van der Waals surface area contributed by atoms with E-state index in [1.165, 1.54) is 16.7 Å². The number of ether oxygens (including phenoxy) is 1. The van der Waals surface area contributed by atoms with Crippen molar-refractivity contribution in [3.05, 3.63) is 28.8 Å². The average molecular weight is 329 g/mol. The van der Waals surface area contributed by atoms with E-state index in [-0.39, 0.29) is 23.0 Å². The zero-order chi connectivity index (χ0) is 17.7. The Morgan fingerprint density at radius 2 is 1.75 bits per heavy atom. The highest BCUT2D eigenvalue weighted by Crippen LogP contribution is 2.42. The lowest BCUT2D eigenvalue weighted by molar-refractivity contribution is -0.135. The lowest BCUT2D eigenvalue weighted by Crippen LogP contribution is -2.43. The molecule has 0 bridgehead atoms. The summed E-state index contributed by atoms with van der Waals surface area (Å²) in [6, 6.07) is 4.62. The number of nitrogens with zero attached hydrogens (tertiary/aromatic N) is 1. The van der Waals surface area contributed by atoms with Gasteiger partial charge in [-0.3, -0.25) is 4.79 Å². The molecule has 0 aliphatic carbocycles. The third-order valence-corrected chi connectivity index (χ3v) is 5.21. The minimum absolute atomic E-state index is 0.0161. The molecule has 1 atom stereocenters. The molecule has 1 fully saturated rings. The fourth-order valence-corrected chi connectivity index (χ4v) is 3.67. The van der Waals surface area contributed by atoms with E-state index in [0.717, 1.165) is 31.6 Å². The number of hydrogen-bond donors (Lipinski definition) is 0. The van der Waals surface area contributed by atoms with Crippen molar-refractivity contribution in [3.63, 3.8) is 0 Å². The number of rotatable bonds is 1. The fraction of sp³-hybridized carbons (Fsp3) is 0.667. The molecule has 24 heavy (non-hydrogen) atoms. The topological polar surface area (TPSA) is 29.5 Å². The lowest BCUT2D eigenvalue weighted by Gasteiger charge is -2.37. The number of benzene rings is 1. The summed E-state index contributed by atoms with van der Waals surface area (Å²) in [5.41, 5.74) is 4.07. The van der Waals surface area contributed by atoms with Crippen LogP contribution in [0.3, 0.4) is 0 Å². The number of fused-ring (bicyclic) bond motifs is 1. The van der Waals surface area contributed by atoms with Crippen molar-refractivity contribution < 1.29 is 9.53 Å². The van der Waals surface area contributed by atoms with Crippen molar-refractivity contribution in [2.75, 3.05) is 6.54 Å². The van der Waals surface area contributed by atoms with Gasteiger partial charge in [-0.2, -0.15) is 0 Å². The first-order valence-electron chi connectivity index (χ1n) is 9.21. The maximum absolute atomic E-state index is 12.1. The SMILES string of the molecule is CC(C)(C)c1cc2c(c(C(C)(C)C)c1)OC(N1CCCC1=O)CC2. The number of aryl methyl sites for hydroxylation is 1. The molecular weight excluding hydrogens is 298 g/mol. The van der Waals surface area contributed by atoms with Gasteiger partial charge in [0.2, 0.25) is 5.91 Å². The summed E-state index contributed by atoms with van der Waals surface area (Å²) in [5.74, 6) is 1.26. The Bertz CT molecular complexity index is 649. The van der Waals surface area contributed by atoms with Crippen molar-refractivity contribution >= 4 is 5.91 Å². The van der Waals surface area contributed by atoms with Gasteiger partial charge in [0.05, 0.1) is 0 Å². The van der Waals surface area contributed by atoms with Crippen LogP contribution in [-0.4, -0.2) is 23.6 Å². The summed E-state index contributed by atoms with van der Waals surface area (Å²) in [7, 11) is 0. The number of carbonyl (C=O) groups is 1. The Hall–Kier alpha value is -1.51. The molecule has 1 aromatic rings. The smallest absolute Gasteiger partial charge is 0.225 e. The number of hydrogen-bond acceptors (Lipinski definition) is 2. The van der Waals surface area contributed by atoms with E-state index in [2.05, 4.69) is 53.7 Å². The van der Waals surface area contributed by atoms with Crippen molar-refractivity contribution in [1.29, 1.82) is 0 Å². The summed E-state index contributed by atoms with van der Waals surface area (Å²) >= 11 is 0. The normalized spacial score (nSPS) is 21.7. The van der Waals surface area contributed by atoms with Gasteiger partial charge in [-0.15, -0.1) is 0 Å². The fourth-order valence-electron chi connectivity index (χ4n) is 3.67. The maximum atomic E-state index is 12.1. The largest absolute Gasteiger partial charge is 0.470 e. The summed E-state index contributed by atoms with van der Waals surface area (Å²) in [6.45, 7) is 14.3. The molecule has 2 aliphatic rings. The Morgan fingerprint density at radius 3 is 2.29 bits per heavy atom. The van der Waals surface area contributed by atoms with Crippen molar-refractivity contribution in [2.45, 2.75) is 84.3 Å². The number of likely N-dealkylation sites (tertiary alicyclic amines) is 1. The quantitative estimate of drug-likeness (QED) is 0.756. The highest BCUT2D eigenvalue weighted by atomic mass is 16.5. The zero-order valence-electron chi connectivity index (χ0n) is 16.0. The minimum Gasteiger partial charge on any atom is -0.470 e. The van der Waals surface area contributed by atoms with Crippen LogP contribution in [0.4, 0.5) is 0 Å². The minimum atomic E-state index is -0.0888. The molecule has 132 valence electrons. The van der Waals surface area contributed by atoms with Gasteiger partial charge >= 0.3 is 0 Å². The molecule has 0 saturated carbocycles. The monoisotopic (exact) mass is 329 g/mol. The molecule has 0 N–H and O–H groups in total. The Labute approximate surface area is 146 Å². The van der Waals surface area contributed by atoms with Crippen LogP contribution in [0.2, 0.25) is 0 Å². The molecule has 0 aromatic heterocycles. The highest BCUT2D eigenvalue weighted by molar-refractivity contribution is 5.78. The van der Waals surface area contributed by atoms with Gasteiger partial charge in [-0.05, 0) is 34.8 Å². The van der Waals surface area contributed by atoms with Crippen LogP contribution in [-0.2, 0) is 22.0 Å². The first kappa shape index (κ1) is 17.3. The second-order valence-corrected chi connectivity index (χ2v) is 9.31. The Morgan fingerprint density at radius 1 is 1.04 bits per heavy atom. The summed E-state index contributed by atoms with van der Waals surface area (Å²) in [4.78, 5) is 14.0. The van der Waals surface area contributed by atoms with Crippen molar-refractivity contribution in [1.82, 2.24) is 4.90 Å². The van der Waals surface area contributed by atoms with Crippen molar-refractivity contribution in [3.8, 4) is 5.75 Å². The molecule has 3 nitrogen and oxygen atoms in total. The molecule has 3 rings (SSSR count). The van der Waals surface area contributed by atoms with Crippen LogP contribution in [0.5, 0.6) is 5.75 Å². The van der Waals surface area contributed by atoms with E-state index in [1.54, 1.807) is 0 Å². The first-order valence-corrected chi connectivity index (χ1v) is 9.21. The van der Waals surface area contributed by atoms with Crippen LogP contribution in [0.25, 0.3) is 0 Å². The Kier molecular flexibility index (Phi) is 4.17. The van der Waals surface area contributed by atoms with Gasteiger partial charge in [0.1, 0.15) is 5.75 Å². The lowest BCUT2D eigenvalue weighted by atomic mass is 9.78. The molecule has 1 amide bonds. The third kappa shape index (κ3) is 3.18. The first-order chi connectivity index (χ1) is 11.1. The molecule has 2 heterocycles. The zero-order valence-corrected chi connectivity index (χ0v) is 16.0. The van der Waals surface area contributed by atoms with Gasteiger partial charge in [0.15, 0.2) is 6.23 Å². The standard InChI is InChI=1S/C21H31NO2/c1-20(2,3)15-12-14-9-10-18(22-11-7-8-17(22)23)24-19(14)16(13-15)21(4,5)6/h12-13,18H,7-11H2,1-6H3. The molecule has 1 saturated heterocycles. The van der Waals surface area contributed by atoms with E-state index in [0.29, 0.717) is 6.42 Å². The van der Waals surface area contributed by atoms with Crippen LogP contribution in [0.1, 0.15) is 77.5 Å². The Balaban J connectivity index is 2.02. The number of amides is 1. The number of carbonyl (C=O) groups excluding carboxylic acids is 1. The molecule has 0 spiro atoms. The van der Waals surface area contributed by atoms with E-state index in [4.69, 9.17) is 4.74 Å². The van der Waals surface area contributed by atoms with Crippen LogP contribution in [0.15, 0.2) is 12.1 Å². The van der Waals surface area contributed by atoms with E-state index >= 15 is 0 Å². The highest BCUT2D eigenvalue weighted by Gasteiger charge is 2.35. The maximum Gasteiger partial charge on any atom is 0.225 e. The summed E-state index contributed by atoms with van der Waals surface area (Å²) in [5, 5.41) is 0. The van der Waals surface area contributed by atoms with E-state index in [1.807, 2.05) is 4.90 Å². The second kappa shape index (κ2) is 5.79. The van der Waals surface area contributed by atoms with E-state index < -0.39 is 0 Å². The van der Waals surface area contributed by atoms with Gasteiger partial charge < -0.3 is 9.64 Å². The van der Waals surface area contributed by atoms with Crippen LogP contribution < -0.4 is 4.74 Å². The van der Waals surface area contributed by atoms with Crippen LogP contribution in [0, 0.1) is 0 Å². The van der Waals surface area contributed by atoms with Gasteiger partial charge in [-0.1, -0.05) is 53.7 Å². The predicted octanol–water partition coefficient (Wildman–Crippen LogP) is 4.56. The van der Waals surface area contributed by atoms with Gasteiger partial charge in [0.25, 0.3) is 0 Å². The molecular formula is C21H31NO2. The second-order valence-electron chi connectivity index (χ2n) is 9.31.